The van der Waals surface area contributed by atoms with Crippen LogP contribution in [0.1, 0.15) is 57.1 Å². The summed E-state index contributed by atoms with van der Waals surface area (Å²) in [5.74, 6) is 0.350. The molecule has 4 aliphatic rings. The van der Waals surface area contributed by atoms with E-state index in [0.717, 1.165) is 63.1 Å². The summed E-state index contributed by atoms with van der Waals surface area (Å²) in [4.78, 5) is 18.9. The molecule has 7 rings (SSSR count). The molecule has 7 nitrogen and oxygen atoms in total. The Balaban J connectivity index is 1.34. The third kappa shape index (κ3) is 4.04. The summed E-state index contributed by atoms with van der Waals surface area (Å²) in [6, 6.07) is 7.65. The van der Waals surface area contributed by atoms with Crippen molar-refractivity contribution >= 4 is 16.7 Å². The topological polar surface area (TPSA) is 66.4 Å². The van der Waals surface area contributed by atoms with Gasteiger partial charge in [-0.3, -0.25) is 4.98 Å². The van der Waals surface area contributed by atoms with Gasteiger partial charge in [0.05, 0.1) is 5.39 Å². The number of nitrogens with one attached hydrogen (secondary N) is 1. The average Bonchev–Trinajstić information content (AvgIpc) is 3.58. The van der Waals surface area contributed by atoms with Gasteiger partial charge in [0.1, 0.15) is 23.6 Å². The molecule has 3 atom stereocenters. The van der Waals surface area contributed by atoms with E-state index in [1.165, 1.54) is 17.5 Å². The van der Waals surface area contributed by atoms with Crippen molar-refractivity contribution in [3.05, 3.63) is 41.3 Å². The molecular weight excluding hydrogens is 479 g/mol. The highest BCUT2D eigenvalue weighted by atomic mass is 19.1. The molecule has 3 aromatic rings. The molecule has 2 aromatic heterocycles. The van der Waals surface area contributed by atoms with Gasteiger partial charge in [-0.15, -0.1) is 0 Å². The number of anilines is 1. The molecule has 8 heteroatoms. The van der Waals surface area contributed by atoms with Gasteiger partial charge in [-0.1, -0.05) is 32.0 Å². The lowest BCUT2D eigenvalue weighted by Crippen LogP contribution is -2.51. The maximum Gasteiger partial charge on any atom is 0.319 e. The molecule has 3 fully saturated rings. The molecule has 3 aliphatic heterocycles. The van der Waals surface area contributed by atoms with E-state index in [9.17, 15) is 0 Å². The Morgan fingerprint density at radius 1 is 1.13 bits per heavy atom. The van der Waals surface area contributed by atoms with E-state index in [1.807, 2.05) is 12.1 Å². The normalized spacial score (nSPS) is 26.3. The zero-order valence-electron chi connectivity index (χ0n) is 22.6. The van der Waals surface area contributed by atoms with E-state index >= 15 is 4.39 Å². The van der Waals surface area contributed by atoms with Crippen LogP contribution in [0.2, 0.25) is 0 Å². The van der Waals surface area contributed by atoms with E-state index in [-0.39, 0.29) is 17.2 Å². The van der Waals surface area contributed by atoms with Crippen LogP contribution in [0.15, 0.2) is 24.4 Å². The molecule has 0 spiro atoms. The standard InChI is InChI=1S/C30H37FN6O/c1-30(2)12-11-18-6-4-8-22(24(18)30)26-25(31)27-23(14-32-26)28(37-15-19-9-10-20(16-37)33-19)35-29(34-27)38-17-21-7-5-13-36(21)3/h4,6,8,14,19-21,33H,5,7,9-13,15-17H2,1-3H3/t19?,20?,21-/m0/s1. The third-order valence-electron chi connectivity index (χ3n) is 9.34. The number of aromatic nitrogens is 3. The fourth-order valence-electron chi connectivity index (χ4n) is 7.22. The van der Waals surface area contributed by atoms with Gasteiger partial charge in [0, 0.05) is 43.0 Å². The molecule has 2 unspecified atom stereocenters. The number of nitrogens with zero attached hydrogens (tertiary/aromatic N) is 5. The smallest absolute Gasteiger partial charge is 0.319 e. The summed E-state index contributed by atoms with van der Waals surface area (Å²) in [6.07, 6.45) is 8.43. The third-order valence-corrected chi connectivity index (χ3v) is 9.34. The van der Waals surface area contributed by atoms with Crippen molar-refractivity contribution in [1.29, 1.82) is 0 Å². The largest absolute Gasteiger partial charge is 0.462 e. The number of likely N-dealkylation sites (N-methyl/N-ethyl adjacent to an activating group) is 1. The zero-order chi connectivity index (χ0) is 26.0. The Morgan fingerprint density at radius 3 is 2.71 bits per heavy atom. The highest BCUT2D eigenvalue weighted by Crippen LogP contribution is 2.45. The van der Waals surface area contributed by atoms with Crippen molar-refractivity contribution < 1.29 is 9.13 Å². The van der Waals surface area contributed by atoms with Crippen molar-refractivity contribution in [2.75, 3.05) is 38.2 Å². The van der Waals surface area contributed by atoms with Crippen molar-refractivity contribution in [2.24, 2.45) is 0 Å². The second-order valence-electron chi connectivity index (χ2n) is 12.4. The molecule has 3 saturated heterocycles. The molecule has 38 heavy (non-hydrogen) atoms. The van der Waals surface area contributed by atoms with Gasteiger partial charge >= 0.3 is 6.01 Å². The van der Waals surface area contributed by atoms with Crippen molar-refractivity contribution in [3.63, 3.8) is 0 Å². The first-order valence-corrected chi connectivity index (χ1v) is 14.2. The van der Waals surface area contributed by atoms with Crippen LogP contribution >= 0.6 is 0 Å². The van der Waals surface area contributed by atoms with Crippen LogP contribution in [0.5, 0.6) is 6.01 Å². The maximum atomic E-state index is 16.5. The number of hydrogen-bond acceptors (Lipinski definition) is 7. The first-order chi connectivity index (χ1) is 18.4. The summed E-state index contributed by atoms with van der Waals surface area (Å²) in [7, 11) is 2.13. The molecular formula is C30H37FN6O. The minimum Gasteiger partial charge on any atom is -0.462 e. The molecule has 5 heterocycles. The molecule has 1 aliphatic carbocycles. The van der Waals surface area contributed by atoms with Crippen LogP contribution in [0, 0.1) is 5.82 Å². The predicted octanol–water partition coefficient (Wildman–Crippen LogP) is 4.47. The molecule has 0 radical (unpaired) electrons. The summed E-state index contributed by atoms with van der Waals surface area (Å²) < 4.78 is 22.7. The van der Waals surface area contributed by atoms with Crippen LogP contribution in [0.3, 0.4) is 0 Å². The Hall–Kier alpha value is -2.84. The molecule has 1 aromatic carbocycles. The van der Waals surface area contributed by atoms with Crippen molar-refractivity contribution in [2.45, 2.75) is 75.9 Å². The Kier molecular flexibility index (Phi) is 5.82. The number of pyridine rings is 1. The van der Waals surface area contributed by atoms with Gasteiger partial charge in [-0.2, -0.15) is 9.97 Å². The van der Waals surface area contributed by atoms with Crippen LogP contribution in [0.4, 0.5) is 10.2 Å². The second-order valence-corrected chi connectivity index (χ2v) is 12.4. The summed E-state index contributed by atoms with van der Waals surface area (Å²) in [5, 5.41) is 4.34. The Morgan fingerprint density at radius 2 is 1.95 bits per heavy atom. The number of ether oxygens (including phenoxy) is 1. The first kappa shape index (κ1) is 24.2. The minimum absolute atomic E-state index is 0.0203. The SMILES string of the molecule is CN1CCC[C@H]1COc1nc(N2CC3CCC(C2)N3)c2cnc(-c3cccc4c3C(C)(C)CC4)c(F)c2n1. The lowest BCUT2D eigenvalue weighted by atomic mass is 9.82. The number of benzene rings is 1. The summed E-state index contributed by atoms with van der Waals surface area (Å²) in [5.41, 5.74) is 4.02. The van der Waals surface area contributed by atoms with Gasteiger partial charge in [0.15, 0.2) is 5.82 Å². The molecule has 1 N–H and O–H groups in total. The number of hydrogen-bond donors (Lipinski definition) is 1. The fraction of sp³-hybridized carbons (Fsp3) is 0.567. The van der Waals surface area contributed by atoms with Crippen LogP contribution < -0.4 is 15.0 Å². The Labute approximate surface area is 223 Å². The van der Waals surface area contributed by atoms with Crippen LogP contribution in [0.25, 0.3) is 22.2 Å². The van der Waals surface area contributed by atoms with Crippen LogP contribution in [-0.4, -0.2) is 71.3 Å². The zero-order valence-corrected chi connectivity index (χ0v) is 22.6. The first-order valence-electron chi connectivity index (χ1n) is 14.2. The number of piperazine rings is 1. The van der Waals surface area contributed by atoms with E-state index in [2.05, 4.69) is 47.1 Å². The lowest BCUT2D eigenvalue weighted by Gasteiger charge is -2.34. The monoisotopic (exact) mass is 516 g/mol. The second kappa shape index (κ2) is 9.12. The van der Waals surface area contributed by atoms with E-state index in [0.29, 0.717) is 41.3 Å². The number of aryl methyl sites for hydroxylation is 1. The van der Waals surface area contributed by atoms with Gasteiger partial charge in [-0.05, 0) is 68.7 Å². The quantitative estimate of drug-likeness (QED) is 0.537. The molecule has 2 bridgehead atoms. The highest BCUT2D eigenvalue weighted by Gasteiger charge is 2.36. The highest BCUT2D eigenvalue weighted by molar-refractivity contribution is 5.92. The average molecular weight is 517 g/mol. The summed E-state index contributed by atoms with van der Waals surface area (Å²) in [6.45, 7) is 7.75. The van der Waals surface area contributed by atoms with E-state index in [1.54, 1.807) is 6.20 Å². The molecule has 200 valence electrons. The number of fused-ring (bicyclic) bond motifs is 4. The van der Waals surface area contributed by atoms with Gasteiger partial charge < -0.3 is 19.9 Å². The molecule has 0 saturated carbocycles. The number of likely N-dealkylation sites (tertiary alicyclic amines) is 1. The van der Waals surface area contributed by atoms with Crippen molar-refractivity contribution in [1.82, 2.24) is 25.2 Å². The van der Waals surface area contributed by atoms with Crippen molar-refractivity contribution in [3.8, 4) is 17.3 Å². The number of halogens is 1. The van der Waals surface area contributed by atoms with Gasteiger partial charge in [-0.25, -0.2) is 4.39 Å². The fourth-order valence-corrected chi connectivity index (χ4v) is 7.22. The lowest BCUT2D eigenvalue weighted by molar-refractivity contribution is 0.188. The summed E-state index contributed by atoms with van der Waals surface area (Å²) >= 11 is 0. The van der Waals surface area contributed by atoms with Crippen LogP contribution in [-0.2, 0) is 11.8 Å². The maximum absolute atomic E-state index is 16.5. The van der Waals surface area contributed by atoms with E-state index in [4.69, 9.17) is 14.7 Å². The van der Waals surface area contributed by atoms with E-state index < -0.39 is 0 Å². The predicted molar refractivity (Wildman–Crippen MR) is 147 cm³/mol. The van der Waals surface area contributed by atoms with Gasteiger partial charge in [0.2, 0.25) is 0 Å². The number of rotatable bonds is 5. The molecule has 0 amide bonds. The Bertz CT molecular complexity index is 1380. The minimum atomic E-state index is -0.386. The van der Waals surface area contributed by atoms with Gasteiger partial charge in [0.25, 0.3) is 0 Å².